The molecule has 0 spiro atoms. The van der Waals surface area contributed by atoms with Crippen molar-refractivity contribution in [2.75, 3.05) is 7.11 Å². The van der Waals surface area contributed by atoms with Crippen molar-refractivity contribution in [1.82, 2.24) is 0 Å². The van der Waals surface area contributed by atoms with Crippen LogP contribution in [-0.4, -0.2) is 29.2 Å². The van der Waals surface area contributed by atoms with E-state index in [9.17, 15) is 20.0 Å². The van der Waals surface area contributed by atoms with E-state index in [1.165, 1.54) is 19.2 Å². The van der Waals surface area contributed by atoms with Crippen molar-refractivity contribution in [1.29, 1.82) is 0 Å². The molecule has 0 bridgehead atoms. The topological polar surface area (TPSA) is 116 Å². The first-order valence-corrected chi connectivity index (χ1v) is 5.65. The molecule has 1 unspecified atom stereocenters. The van der Waals surface area contributed by atoms with Gasteiger partial charge in [-0.2, -0.15) is 0 Å². The smallest absolute Gasteiger partial charge is 0.322 e. The number of nitrogens with two attached hydrogens (primary N) is 1. The summed E-state index contributed by atoms with van der Waals surface area (Å²) in [5.41, 5.74) is 5.29. The third-order valence-electron chi connectivity index (χ3n) is 2.27. The molecule has 0 amide bonds. The molecular formula is C10H11BrN2O5. The van der Waals surface area contributed by atoms with Gasteiger partial charge in [0.25, 0.3) is 0 Å². The Morgan fingerprint density at radius 1 is 1.67 bits per heavy atom. The number of ether oxygens (including phenoxy) is 1. The molecule has 0 aliphatic carbocycles. The van der Waals surface area contributed by atoms with Crippen LogP contribution in [-0.2, 0) is 16.0 Å². The zero-order valence-electron chi connectivity index (χ0n) is 9.42. The minimum atomic E-state index is -0.991. The summed E-state index contributed by atoms with van der Waals surface area (Å²) < 4.78 is 4.86. The van der Waals surface area contributed by atoms with Crippen LogP contribution >= 0.6 is 15.9 Å². The number of halogens is 1. The maximum atomic E-state index is 11.2. The Morgan fingerprint density at radius 2 is 2.28 bits per heavy atom. The molecule has 0 radical (unpaired) electrons. The third kappa shape index (κ3) is 3.17. The molecule has 0 heterocycles. The van der Waals surface area contributed by atoms with Gasteiger partial charge in [-0.05, 0) is 6.07 Å². The number of methoxy groups -OCH3 is 1. The molecule has 7 nitrogen and oxygen atoms in total. The number of hydrogen-bond donors (Lipinski definition) is 2. The number of benzene rings is 1. The Kier molecular flexibility index (Phi) is 4.62. The molecule has 1 aromatic rings. The van der Waals surface area contributed by atoms with Crippen molar-refractivity contribution in [3.05, 3.63) is 32.3 Å². The van der Waals surface area contributed by atoms with Crippen LogP contribution < -0.4 is 5.73 Å². The largest absolute Gasteiger partial charge is 0.502 e. The zero-order valence-corrected chi connectivity index (χ0v) is 11.0. The van der Waals surface area contributed by atoms with Crippen LogP contribution in [0.15, 0.2) is 16.6 Å². The number of hydrogen-bond acceptors (Lipinski definition) is 6. The predicted molar refractivity (Wildman–Crippen MR) is 66.2 cm³/mol. The van der Waals surface area contributed by atoms with Crippen LogP contribution in [0.3, 0.4) is 0 Å². The monoisotopic (exact) mass is 318 g/mol. The Balaban J connectivity index is 3.10. The second-order valence-corrected chi connectivity index (χ2v) is 4.44. The summed E-state index contributed by atoms with van der Waals surface area (Å²) >= 11 is 3.09. The molecule has 3 N–H and O–H groups in total. The average molecular weight is 319 g/mol. The molecule has 98 valence electrons. The fourth-order valence-corrected chi connectivity index (χ4v) is 1.90. The molecule has 0 saturated carbocycles. The van der Waals surface area contributed by atoms with Crippen LogP contribution in [0.2, 0.25) is 0 Å². The summed E-state index contributed by atoms with van der Waals surface area (Å²) in [5.74, 6) is -1.15. The molecule has 1 atom stereocenters. The van der Waals surface area contributed by atoms with Gasteiger partial charge in [0, 0.05) is 22.5 Å². The van der Waals surface area contributed by atoms with Gasteiger partial charge in [-0.15, -0.1) is 0 Å². The quantitative estimate of drug-likeness (QED) is 0.488. The Labute approximate surface area is 111 Å². The maximum Gasteiger partial charge on any atom is 0.322 e. The summed E-state index contributed by atoms with van der Waals surface area (Å²) in [6.07, 6.45) is -0.0568. The van der Waals surface area contributed by atoms with Crippen LogP contribution in [0.5, 0.6) is 5.75 Å². The van der Waals surface area contributed by atoms with Crippen molar-refractivity contribution in [3.63, 3.8) is 0 Å². The van der Waals surface area contributed by atoms with Gasteiger partial charge < -0.3 is 15.6 Å². The maximum absolute atomic E-state index is 11.2. The SMILES string of the molecule is COC(=O)C(N)Cc1cc(Br)cc([N+](=O)[O-])c1O. The van der Waals surface area contributed by atoms with E-state index in [2.05, 4.69) is 20.7 Å². The minimum Gasteiger partial charge on any atom is -0.502 e. The molecule has 1 aromatic carbocycles. The van der Waals surface area contributed by atoms with Gasteiger partial charge in [0.1, 0.15) is 6.04 Å². The molecule has 0 aromatic heterocycles. The Morgan fingerprint density at radius 3 is 2.78 bits per heavy atom. The average Bonchev–Trinajstić information content (AvgIpc) is 2.31. The Hall–Kier alpha value is -1.67. The van der Waals surface area contributed by atoms with E-state index < -0.39 is 28.4 Å². The summed E-state index contributed by atoms with van der Waals surface area (Å²) in [6, 6.07) is 1.64. The standard InChI is InChI=1S/C10H11BrN2O5/c1-18-10(15)7(12)3-5-2-6(11)4-8(9(5)14)13(16)17/h2,4,7,14H,3,12H2,1H3. The van der Waals surface area contributed by atoms with Crippen LogP contribution in [0, 0.1) is 10.1 Å². The zero-order chi connectivity index (χ0) is 13.9. The van der Waals surface area contributed by atoms with E-state index in [-0.39, 0.29) is 12.0 Å². The lowest BCUT2D eigenvalue weighted by atomic mass is 10.0. The van der Waals surface area contributed by atoms with Gasteiger partial charge in [-0.25, -0.2) is 0 Å². The highest BCUT2D eigenvalue weighted by Crippen LogP contribution is 2.33. The number of aromatic hydroxyl groups is 1. The molecule has 0 aliphatic rings. The van der Waals surface area contributed by atoms with E-state index in [1.54, 1.807) is 0 Å². The molecule has 0 fully saturated rings. The highest BCUT2D eigenvalue weighted by Gasteiger charge is 2.22. The van der Waals surface area contributed by atoms with Crippen LogP contribution in [0.25, 0.3) is 0 Å². The van der Waals surface area contributed by atoms with Gasteiger partial charge in [-0.1, -0.05) is 15.9 Å². The van der Waals surface area contributed by atoms with Crippen molar-refractivity contribution in [2.24, 2.45) is 5.73 Å². The summed E-state index contributed by atoms with van der Waals surface area (Å²) in [4.78, 5) is 21.1. The van der Waals surface area contributed by atoms with Crippen molar-refractivity contribution in [2.45, 2.75) is 12.5 Å². The lowest BCUT2D eigenvalue weighted by Crippen LogP contribution is -2.33. The van der Waals surface area contributed by atoms with Crippen LogP contribution in [0.4, 0.5) is 5.69 Å². The van der Waals surface area contributed by atoms with Crippen LogP contribution in [0.1, 0.15) is 5.56 Å². The van der Waals surface area contributed by atoms with E-state index in [0.717, 1.165) is 0 Å². The summed E-state index contributed by atoms with van der Waals surface area (Å²) in [6.45, 7) is 0. The minimum absolute atomic E-state index is 0.0568. The number of phenols is 1. The number of esters is 1. The lowest BCUT2D eigenvalue weighted by molar-refractivity contribution is -0.386. The van der Waals surface area contributed by atoms with E-state index >= 15 is 0 Å². The number of carbonyl (C=O) groups excluding carboxylic acids is 1. The van der Waals surface area contributed by atoms with Gasteiger partial charge >= 0.3 is 11.7 Å². The van der Waals surface area contributed by atoms with Crippen molar-refractivity contribution < 1.29 is 19.6 Å². The summed E-state index contributed by atoms with van der Waals surface area (Å²) in [7, 11) is 1.19. The van der Waals surface area contributed by atoms with E-state index in [4.69, 9.17) is 5.73 Å². The number of carbonyl (C=O) groups is 1. The Bertz CT molecular complexity index is 491. The predicted octanol–water partition coefficient (Wildman–Crippen LogP) is 1.11. The highest BCUT2D eigenvalue weighted by molar-refractivity contribution is 9.10. The normalized spacial score (nSPS) is 11.9. The van der Waals surface area contributed by atoms with E-state index in [1.807, 2.05) is 0 Å². The van der Waals surface area contributed by atoms with Crippen molar-refractivity contribution >= 4 is 27.6 Å². The molecule has 0 aliphatic heterocycles. The number of nitrogens with zero attached hydrogens (tertiary/aromatic N) is 1. The third-order valence-corrected chi connectivity index (χ3v) is 2.73. The van der Waals surface area contributed by atoms with Gasteiger partial charge in [-0.3, -0.25) is 14.9 Å². The first kappa shape index (κ1) is 14.4. The molecule has 1 rings (SSSR count). The second kappa shape index (κ2) is 5.78. The highest BCUT2D eigenvalue weighted by atomic mass is 79.9. The fourth-order valence-electron chi connectivity index (χ4n) is 1.41. The first-order valence-electron chi connectivity index (χ1n) is 4.86. The molecule has 8 heteroatoms. The molecule has 18 heavy (non-hydrogen) atoms. The van der Waals surface area contributed by atoms with Gasteiger partial charge in [0.15, 0.2) is 5.75 Å². The number of rotatable bonds is 4. The van der Waals surface area contributed by atoms with E-state index in [0.29, 0.717) is 4.47 Å². The van der Waals surface area contributed by atoms with Crippen molar-refractivity contribution in [3.8, 4) is 5.75 Å². The van der Waals surface area contributed by atoms with Gasteiger partial charge in [0.2, 0.25) is 0 Å². The molecular weight excluding hydrogens is 308 g/mol. The first-order chi connectivity index (χ1) is 8.36. The van der Waals surface area contributed by atoms with Gasteiger partial charge in [0.05, 0.1) is 12.0 Å². The number of nitro benzene ring substituents is 1. The summed E-state index contributed by atoms with van der Waals surface area (Å²) in [5, 5.41) is 20.4. The fraction of sp³-hybridized carbons (Fsp3) is 0.300. The number of phenolic OH excluding ortho intramolecular Hbond substituents is 1. The lowest BCUT2D eigenvalue weighted by Gasteiger charge is -2.11. The molecule has 0 saturated heterocycles. The number of nitro groups is 1. The second-order valence-electron chi connectivity index (χ2n) is 3.52.